The van der Waals surface area contributed by atoms with Crippen LogP contribution in [0, 0.1) is 18.8 Å². The number of rotatable bonds is 14. The van der Waals surface area contributed by atoms with E-state index in [1.54, 1.807) is 68.1 Å². The predicted molar refractivity (Wildman–Crippen MR) is 373 cm³/mol. The molecule has 0 aromatic carbocycles. The van der Waals surface area contributed by atoms with Crippen LogP contribution in [0.25, 0.3) is 22.5 Å². The summed E-state index contributed by atoms with van der Waals surface area (Å²) in [5.74, 6) is -4.43. The Morgan fingerprint density at radius 2 is 1.05 bits per heavy atom. The van der Waals surface area contributed by atoms with Gasteiger partial charge in [0.25, 0.3) is 11.5 Å². The zero-order valence-corrected chi connectivity index (χ0v) is 57.9. The first-order valence-electron chi connectivity index (χ1n) is 33.6. The highest BCUT2D eigenvalue weighted by Gasteiger charge is 2.46. The van der Waals surface area contributed by atoms with Gasteiger partial charge in [-0.1, -0.05) is 13.8 Å². The number of hydrogen-bond donors (Lipinski definition) is 6. The number of nitrogens with zero attached hydrogens (tertiary/aromatic N) is 14. The summed E-state index contributed by atoms with van der Waals surface area (Å²) >= 11 is 0. The van der Waals surface area contributed by atoms with Crippen LogP contribution in [0.15, 0.2) is 113 Å². The number of anilines is 10. The highest BCUT2D eigenvalue weighted by atomic mass is 19.4. The van der Waals surface area contributed by atoms with Gasteiger partial charge in [-0.05, 0) is 92.4 Å². The monoisotopic (exact) mass is 1490 g/mol. The summed E-state index contributed by atoms with van der Waals surface area (Å²) < 4.78 is 123. The number of alkyl halides is 9. The third-order valence-corrected chi connectivity index (χ3v) is 18.7. The Labute approximate surface area is 602 Å². The first-order chi connectivity index (χ1) is 50.6. The number of aromatic nitrogens is 9. The Hall–Kier alpha value is -12.0. The number of carbonyl (C=O) groups excluding carboxylic acids is 7. The van der Waals surface area contributed by atoms with Gasteiger partial charge in [0, 0.05) is 121 Å². The Bertz CT molecular complexity index is 4820. The lowest BCUT2D eigenvalue weighted by atomic mass is 10.0. The molecule has 0 radical (unpaired) electrons. The van der Waals surface area contributed by atoms with Gasteiger partial charge in [0.15, 0.2) is 40.7 Å². The number of ketones is 2. The number of hydrogen-bond acceptors (Lipinski definition) is 19. The molecule has 0 saturated carbocycles. The third kappa shape index (κ3) is 16.4. The maximum atomic E-state index is 13.6. The molecule has 8 aromatic rings. The number of fused-ring (bicyclic) bond motifs is 12. The van der Waals surface area contributed by atoms with E-state index in [4.69, 9.17) is 4.42 Å². The molecule has 14 heterocycles. The molecule has 0 unspecified atom stereocenters. The molecule has 0 aliphatic carbocycles. The SMILES string of the molecule is CC(=O)Nc1ccnc(NC(=O)N2c3nc(C(=O)C[C@H](C)C(F)(F)F)ccc3N3CC[C@H]2C3)c1.C[C@@H](NC(=O)c1ccc2c(n1)N(C(=O)Nc1cc(-c3cn[nH]c3)ccn1)[C@H]1CCN2C1)C(F)(F)F.Cc1ncc(-c2cc(NC(=O)N3c4nc(C(=O)C[C@H](C)C(F)(F)F)ccc4N4CC[C@H]3C4)c(=O)n(C)c2)o1. The van der Waals surface area contributed by atoms with E-state index in [9.17, 15) is 77.9 Å². The molecule has 8 amide bonds. The van der Waals surface area contributed by atoms with E-state index in [0.29, 0.717) is 104 Å². The highest BCUT2D eigenvalue weighted by Crippen LogP contribution is 2.44. The minimum atomic E-state index is -4.58. The fraction of sp³-hybridized carbons (Fsp3) is 0.377. The second-order valence-electron chi connectivity index (χ2n) is 26.4. The molecule has 6 atom stereocenters. The van der Waals surface area contributed by atoms with E-state index in [1.807, 2.05) is 20.0 Å². The molecule has 29 nitrogen and oxygen atoms in total. The van der Waals surface area contributed by atoms with Crippen molar-refractivity contribution in [2.75, 3.05) is 89.9 Å². The topological polar surface area (TPSA) is 340 Å². The molecular weight excluding hydrogens is 1420 g/mol. The fourth-order valence-corrected chi connectivity index (χ4v) is 13.0. The molecule has 3 fully saturated rings. The van der Waals surface area contributed by atoms with Gasteiger partial charge in [-0.2, -0.15) is 44.6 Å². The molecule has 8 aromatic heterocycles. The van der Waals surface area contributed by atoms with Crippen molar-refractivity contribution in [1.29, 1.82) is 0 Å². The van der Waals surface area contributed by atoms with Gasteiger partial charge in [0.2, 0.25) is 5.91 Å². The molecule has 107 heavy (non-hydrogen) atoms. The van der Waals surface area contributed by atoms with Crippen LogP contribution in [0.2, 0.25) is 0 Å². The molecule has 6 aliphatic heterocycles. The molecule has 0 spiro atoms. The summed E-state index contributed by atoms with van der Waals surface area (Å²) in [5.41, 5.74) is 3.51. The standard InChI is InChI=1S/C25H25F3N6O4.C22H21F3N8O2.C22H23F3N6O3/c1-13(25(26,27)28)8-20(35)17-4-5-19-22(30-17)34(16-6-7-33(19)12-16)24(37)31-18-9-15(11-32(3)23(18)36)21-10-29-14(2)38-21;1-12(22(23,24)25)29-20(34)16-2-3-17-19(30-16)33(15-5-7-32(17)11-15)21(35)31-18-8-13(4-6-26-18)14-9-27-28-10-14;1-12(22(23,24)25)9-18(33)16-3-4-17-20(28-16)31(15-6-8-30(17)11-15)21(34)29-19-10-14(5-7-26-19)27-13(2)32/h4-5,9-11,13,16H,6-8,12H2,1-3H3,(H,31,37);2-4,6,8-10,12,15H,5,7,11H2,1H3,(H,27,28)(H,29,34)(H,26,31,35);3-5,7,10,12,15H,6,8-9,11H2,1-2H3,(H2,26,27,29,32,34)/t13-,16-;12-,15+;12-,15-/m010/s1. The maximum absolute atomic E-state index is 13.6. The van der Waals surface area contributed by atoms with Crippen LogP contribution in [0.1, 0.15) is 97.2 Å². The van der Waals surface area contributed by atoms with E-state index in [-0.39, 0.29) is 70.1 Å². The van der Waals surface area contributed by atoms with Crippen molar-refractivity contribution in [3.8, 4) is 22.5 Å². The summed E-state index contributed by atoms with van der Waals surface area (Å²) in [6.45, 7) is 9.47. The van der Waals surface area contributed by atoms with Gasteiger partial charge in [-0.25, -0.2) is 44.3 Å². The van der Waals surface area contributed by atoms with Crippen LogP contribution < -0.4 is 61.5 Å². The average molecular weight is 1490 g/mol. The number of Topliss-reactive ketones (excluding diaryl/α,β-unsaturated/α-hetero) is 2. The van der Waals surface area contributed by atoms with Crippen molar-refractivity contribution in [3.63, 3.8) is 0 Å². The summed E-state index contributed by atoms with van der Waals surface area (Å²) in [5, 5.41) is 19.3. The van der Waals surface area contributed by atoms with Crippen molar-refractivity contribution in [2.24, 2.45) is 18.9 Å². The number of carbonyl (C=O) groups is 7. The normalized spacial score (nSPS) is 17.6. The fourth-order valence-electron chi connectivity index (χ4n) is 13.0. The van der Waals surface area contributed by atoms with E-state index in [0.717, 1.165) is 31.9 Å². The smallest absolute Gasteiger partial charge is 0.408 e. The number of nitrogens with one attached hydrogen (secondary N) is 6. The number of halogens is 9. The van der Waals surface area contributed by atoms with Crippen molar-refractivity contribution in [2.45, 2.75) is 109 Å². The van der Waals surface area contributed by atoms with Gasteiger partial charge in [-0.15, -0.1) is 0 Å². The molecule has 562 valence electrons. The summed E-state index contributed by atoms with van der Waals surface area (Å²) in [6, 6.07) is 12.6. The van der Waals surface area contributed by atoms with Crippen LogP contribution in [0.4, 0.5) is 111 Å². The second kappa shape index (κ2) is 29.9. The highest BCUT2D eigenvalue weighted by molar-refractivity contribution is 6.08. The van der Waals surface area contributed by atoms with Crippen LogP contribution in [0.5, 0.6) is 0 Å². The van der Waals surface area contributed by atoms with Crippen molar-refractivity contribution < 1.29 is 77.5 Å². The number of aryl methyl sites for hydroxylation is 2. The largest absolute Gasteiger partial charge is 0.441 e. The molecular formula is C69H69F9N20O9. The van der Waals surface area contributed by atoms with Crippen LogP contribution in [-0.4, -0.2) is 168 Å². The molecule has 6 bridgehead atoms. The minimum Gasteiger partial charge on any atom is -0.441 e. The van der Waals surface area contributed by atoms with Crippen molar-refractivity contribution >= 4 is 99.0 Å². The lowest BCUT2D eigenvalue weighted by Gasteiger charge is -2.35. The van der Waals surface area contributed by atoms with Gasteiger partial charge >= 0.3 is 36.6 Å². The molecule has 6 aliphatic rings. The Kier molecular flexibility index (Phi) is 20.8. The van der Waals surface area contributed by atoms with E-state index < -0.39 is 90.4 Å². The van der Waals surface area contributed by atoms with E-state index in [1.165, 1.54) is 76.0 Å². The second-order valence-corrected chi connectivity index (χ2v) is 26.4. The summed E-state index contributed by atoms with van der Waals surface area (Å²) in [6.07, 6.45) is -3.68. The van der Waals surface area contributed by atoms with Gasteiger partial charge in [0.05, 0.1) is 59.4 Å². The molecule has 6 N–H and O–H groups in total. The van der Waals surface area contributed by atoms with Crippen LogP contribution in [0.3, 0.4) is 0 Å². The summed E-state index contributed by atoms with van der Waals surface area (Å²) in [4.78, 5) is 138. The van der Waals surface area contributed by atoms with Gasteiger partial charge in [-0.3, -0.25) is 54.4 Å². The minimum absolute atomic E-state index is 0.00253. The Morgan fingerprint density at radius 3 is 1.50 bits per heavy atom. The van der Waals surface area contributed by atoms with Crippen molar-refractivity contribution in [1.82, 2.24) is 50.0 Å². The van der Waals surface area contributed by atoms with Gasteiger partial charge < -0.3 is 39.6 Å². The lowest BCUT2D eigenvalue weighted by Crippen LogP contribution is -2.49. The van der Waals surface area contributed by atoms with Crippen LogP contribution in [-0.2, 0) is 11.8 Å². The molecule has 14 rings (SSSR count). The van der Waals surface area contributed by atoms with Crippen molar-refractivity contribution in [3.05, 3.63) is 137 Å². The number of amides is 8. The number of pyridine rings is 6. The summed E-state index contributed by atoms with van der Waals surface area (Å²) in [7, 11) is 1.54. The number of H-pyrrole nitrogens is 1. The number of aromatic amines is 1. The zero-order chi connectivity index (χ0) is 76.7. The Balaban J connectivity index is 0.000000150. The van der Waals surface area contributed by atoms with E-state index in [2.05, 4.69) is 61.4 Å². The first-order valence-corrected chi connectivity index (χ1v) is 33.6. The average Bonchev–Trinajstić information content (AvgIpc) is 1.71. The quantitative estimate of drug-likeness (QED) is 0.0435. The molecule has 38 heteroatoms. The molecule has 3 saturated heterocycles. The first kappa shape index (κ1) is 74.7. The van der Waals surface area contributed by atoms with E-state index >= 15 is 0 Å². The zero-order valence-electron chi connectivity index (χ0n) is 57.9. The number of oxazole rings is 1. The van der Waals surface area contributed by atoms with Crippen LogP contribution >= 0.6 is 0 Å². The Morgan fingerprint density at radius 1 is 0.570 bits per heavy atom. The predicted octanol–water partition coefficient (Wildman–Crippen LogP) is 11.2. The van der Waals surface area contributed by atoms with Gasteiger partial charge in [0.1, 0.15) is 40.4 Å². The third-order valence-electron chi connectivity index (χ3n) is 18.7. The maximum Gasteiger partial charge on any atom is 0.408 e. The lowest BCUT2D eigenvalue weighted by molar-refractivity contribution is -0.169. The number of urea groups is 3.